The highest BCUT2D eigenvalue weighted by atomic mass is 16.2. The fraction of sp³-hybridized carbons (Fsp3) is 0.538. The topological polar surface area (TPSA) is 66.4 Å². The zero-order chi connectivity index (χ0) is 22.8. The van der Waals surface area contributed by atoms with E-state index in [9.17, 15) is 9.59 Å². The summed E-state index contributed by atoms with van der Waals surface area (Å²) in [6.07, 6.45) is 4.49. The number of anilines is 1. The number of amides is 2. The lowest BCUT2D eigenvalue weighted by Crippen LogP contribution is -2.42. The second-order valence-corrected chi connectivity index (χ2v) is 9.63. The first-order valence-corrected chi connectivity index (χ1v) is 11.9. The summed E-state index contributed by atoms with van der Waals surface area (Å²) in [6, 6.07) is 8.00. The summed E-state index contributed by atoms with van der Waals surface area (Å²) in [6.45, 7) is 9.67. The van der Waals surface area contributed by atoms with Crippen molar-refractivity contribution < 1.29 is 9.59 Å². The number of rotatable bonds is 5. The number of aromatic nitrogens is 2. The van der Waals surface area contributed by atoms with E-state index in [1.54, 1.807) is 0 Å². The molecule has 0 aliphatic carbocycles. The number of carbonyl (C=O) groups is 2. The molecule has 1 aromatic carbocycles. The number of hydrogen-bond donors (Lipinski definition) is 0. The smallest absolute Gasteiger partial charge is 0.228 e. The van der Waals surface area contributed by atoms with Crippen LogP contribution in [0.4, 0.5) is 5.82 Å². The SMILES string of the molecule is Cc1cccc(CC(=O)N2CCCCC2c2nc(C)c3c(n2)N(CC(C)C)C(=O)CC3)c1. The number of carbonyl (C=O) groups excluding carboxylic acids is 2. The van der Waals surface area contributed by atoms with Crippen LogP contribution >= 0.6 is 0 Å². The molecule has 1 fully saturated rings. The first-order chi connectivity index (χ1) is 15.3. The van der Waals surface area contributed by atoms with Crippen LogP contribution in [0.5, 0.6) is 0 Å². The van der Waals surface area contributed by atoms with Gasteiger partial charge in [0.1, 0.15) is 5.82 Å². The molecule has 0 bridgehead atoms. The largest absolute Gasteiger partial charge is 0.332 e. The fourth-order valence-corrected chi connectivity index (χ4v) is 4.90. The molecule has 2 amide bonds. The van der Waals surface area contributed by atoms with Crippen LogP contribution in [-0.2, 0) is 22.4 Å². The lowest BCUT2D eigenvalue weighted by molar-refractivity contribution is -0.134. The predicted molar refractivity (Wildman–Crippen MR) is 125 cm³/mol. The highest BCUT2D eigenvalue weighted by Gasteiger charge is 2.34. The van der Waals surface area contributed by atoms with Gasteiger partial charge in [0, 0.05) is 30.8 Å². The van der Waals surface area contributed by atoms with Crippen LogP contribution in [0.1, 0.15) is 73.8 Å². The van der Waals surface area contributed by atoms with Crippen LogP contribution < -0.4 is 4.90 Å². The second-order valence-electron chi connectivity index (χ2n) is 9.63. The van der Waals surface area contributed by atoms with E-state index >= 15 is 0 Å². The maximum atomic E-state index is 13.3. The summed E-state index contributed by atoms with van der Waals surface area (Å²) in [7, 11) is 0. The van der Waals surface area contributed by atoms with Crippen molar-refractivity contribution in [1.29, 1.82) is 0 Å². The van der Waals surface area contributed by atoms with Gasteiger partial charge >= 0.3 is 0 Å². The molecule has 2 aromatic rings. The molecular weight excluding hydrogens is 400 g/mol. The minimum absolute atomic E-state index is 0.120. The molecular formula is C26H34N4O2. The van der Waals surface area contributed by atoms with Gasteiger partial charge in [-0.3, -0.25) is 14.5 Å². The maximum Gasteiger partial charge on any atom is 0.228 e. The van der Waals surface area contributed by atoms with Gasteiger partial charge in [0.15, 0.2) is 5.82 Å². The van der Waals surface area contributed by atoms with Crippen molar-refractivity contribution in [2.45, 2.75) is 72.3 Å². The predicted octanol–water partition coefficient (Wildman–Crippen LogP) is 4.32. The van der Waals surface area contributed by atoms with E-state index in [4.69, 9.17) is 9.97 Å². The van der Waals surface area contributed by atoms with Gasteiger partial charge in [-0.25, -0.2) is 9.97 Å². The van der Waals surface area contributed by atoms with Gasteiger partial charge < -0.3 is 4.90 Å². The van der Waals surface area contributed by atoms with Crippen molar-refractivity contribution in [3.63, 3.8) is 0 Å². The van der Waals surface area contributed by atoms with Crippen LogP contribution in [0, 0.1) is 19.8 Å². The van der Waals surface area contributed by atoms with Crippen molar-refractivity contribution in [2.75, 3.05) is 18.0 Å². The van der Waals surface area contributed by atoms with Crippen LogP contribution in [0.15, 0.2) is 24.3 Å². The Hall–Kier alpha value is -2.76. The molecule has 0 radical (unpaired) electrons. The van der Waals surface area contributed by atoms with Crippen LogP contribution in [-0.4, -0.2) is 39.8 Å². The number of likely N-dealkylation sites (tertiary alicyclic amines) is 1. The van der Waals surface area contributed by atoms with Gasteiger partial charge in [0.2, 0.25) is 11.8 Å². The molecule has 32 heavy (non-hydrogen) atoms. The molecule has 2 aliphatic rings. The molecule has 170 valence electrons. The summed E-state index contributed by atoms with van der Waals surface area (Å²) in [5.41, 5.74) is 4.20. The quantitative estimate of drug-likeness (QED) is 0.703. The third-order valence-corrected chi connectivity index (χ3v) is 6.46. The van der Waals surface area contributed by atoms with Crippen molar-refractivity contribution in [3.05, 3.63) is 52.5 Å². The summed E-state index contributed by atoms with van der Waals surface area (Å²) < 4.78 is 0. The molecule has 0 saturated carbocycles. The second kappa shape index (κ2) is 9.39. The standard InChI is InChI=1S/C26H34N4O2/c1-17(2)16-30-23(31)12-11-21-19(4)27-25(28-26(21)30)22-10-5-6-13-29(22)24(32)15-20-9-7-8-18(3)14-20/h7-9,14,17,22H,5-6,10-13,15-16H2,1-4H3. The van der Waals surface area contributed by atoms with Crippen LogP contribution in [0.3, 0.4) is 0 Å². The molecule has 4 rings (SSSR count). The minimum atomic E-state index is -0.136. The Morgan fingerprint density at radius 2 is 1.97 bits per heavy atom. The summed E-state index contributed by atoms with van der Waals surface area (Å²) in [5, 5.41) is 0. The van der Waals surface area contributed by atoms with Crippen molar-refractivity contribution in [2.24, 2.45) is 5.92 Å². The van der Waals surface area contributed by atoms with Crippen molar-refractivity contribution in [3.8, 4) is 0 Å². The zero-order valence-corrected chi connectivity index (χ0v) is 19.7. The number of aryl methyl sites for hydroxylation is 2. The Bertz CT molecular complexity index is 1020. The van der Waals surface area contributed by atoms with E-state index in [1.165, 1.54) is 0 Å². The molecule has 1 unspecified atom stereocenters. The third kappa shape index (κ3) is 4.69. The van der Waals surface area contributed by atoms with Crippen LogP contribution in [0.25, 0.3) is 0 Å². The Morgan fingerprint density at radius 1 is 1.16 bits per heavy atom. The lowest BCUT2D eigenvalue weighted by Gasteiger charge is -2.36. The van der Waals surface area contributed by atoms with Crippen LogP contribution in [0.2, 0.25) is 0 Å². The third-order valence-electron chi connectivity index (χ3n) is 6.46. The van der Waals surface area contributed by atoms with Gasteiger partial charge in [0.25, 0.3) is 0 Å². The number of hydrogen-bond acceptors (Lipinski definition) is 4. The fourth-order valence-electron chi connectivity index (χ4n) is 4.90. The summed E-state index contributed by atoms with van der Waals surface area (Å²) >= 11 is 0. The molecule has 0 spiro atoms. The normalized spacial score (nSPS) is 18.8. The Morgan fingerprint density at radius 3 is 2.72 bits per heavy atom. The lowest BCUT2D eigenvalue weighted by atomic mass is 9.98. The van der Waals surface area contributed by atoms with E-state index in [1.807, 2.05) is 41.8 Å². The van der Waals surface area contributed by atoms with Crippen molar-refractivity contribution in [1.82, 2.24) is 14.9 Å². The molecule has 1 atom stereocenters. The first-order valence-electron chi connectivity index (χ1n) is 11.9. The Kier molecular flexibility index (Phi) is 6.58. The van der Waals surface area contributed by atoms with E-state index in [2.05, 4.69) is 19.9 Å². The first kappa shape index (κ1) is 22.4. The van der Waals surface area contributed by atoms with Gasteiger partial charge in [-0.05, 0) is 51.0 Å². The highest BCUT2D eigenvalue weighted by Crippen LogP contribution is 2.34. The molecule has 3 heterocycles. The summed E-state index contributed by atoms with van der Waals surface area (Å²) in [5.74, 6) is 2.04. The number of benzene rings is 1. The monoisotopic (exact) mass is 434 g/mol. The van der Waals surface area contributed by atoms with Crippen molar-refractivity contribution >= 4 is 17.6 Å². The Balaban J connectivity index is 1.65. The van der Waals surface area contributed by atoms with Gasteiger partial charge in [0.05, 0.1) is 12.5 Å². The number of fused-ring (bicyclic) bond motifs is 1. The molecule has 6 nitrogen and oxygen atoms in total. The van der Waals surface area contributed by atoms with E-state index in [0.717, 1.165) is 54.0 Å². The molecule has 6 heteroatoms. The maximum absolute atomic E-state index is 13.3. The van der Waals surface area contributed by atoms with E-state index in [-0.39, 0.29) is 17.9 Å². The average Bonchev–Trinajstić information content (AvgIpc) is 2.75. The summed E-state index contributed by atoms with van der Waals surface area (Å²) in [4.78, 5) is 39.6. The molecule has 1 aromatic heterocycles. The average molecular weight is 435 g/mol. The molecule has 2 aliphatic heterocycles. The highest BCUT2D eigenvalue weighted by molar-refractivity contribution is 5.95. The number of nitrogens with zero attached hydrogens (tertiary/aromatic N) is 4. The van der Waals surface area contributed by atoms with E-state index < -0.39 is 0 Å². The van der Waals surface area contributed by atoms with Gasteiger partial charge in [-0.1, -0.05) is 43.7 Å². The molecule has 1 saturated heterocycles. The van der Waals surface area contributed by atoms with Gasteiger partial charge in [-0.15, -0.1) is 0 Å². The minimum Gasteiger partial charge on any atom is -0.332 e. The van der Waals surface area contributed by atoms with Gasteiger partial charge in [-0.2, -0.15) is 0 Å². The molecule has 0 N–H and O–H groups in total. The zero-order valence-electron chi connectivity index (χ0n) is 19.7. The van der Waals surface area contributed by atoms with E-state index in [0.29, 0.717) is 37.5 Å². The Labute approximate surface area is 191 Å². The number of piperidine rings is 1.